The molecular weight excluding hydrogens is 559 g/mol. The molecule has 1 atom stereocenters. The van der Waals surface area contributed by atoms with Gasteiger partial charge in [-0.25, -0.2) is 23.7 Å². The quantitative estimate of drug-likeness (QED) is 0.358. The van der Waals surface area contributed by atoms with Crippen molar-refractivity contribution in [1.29, 1.82) is 0 Å². The van der Waals surface area contributed by atoms with Crippen molar-refractivity contribution in [1.82, 2.24) is 24.4 Å². The molecule has 0 unspecified atom stereocenters. The topological polar surface area (TPSA) is 114 Å². The maximum Gasteiger partial charge on any atom is 0.357 e. The Kier molecular flexibility index (Phi) is 6.46. The van der Waals surface area contributed by atoms with Crippen LogP contribution in [0.25, 0.3) is 28.1 Å². The number of hydrogen-bond donors (Lipinski definition) is 1. The summed E-state index contributed by atoms with van der Waals surface area (Å²) >= 11 is 8.25. The number of fused-ring (bicyclic) bond motifs is 2. The Morgan fingerprint density at radius 3 is 2.83 bits per heavy atom. The summed E-state index contributed by atoms with van der Waals surface area (Å²) in [5, 5.41) is 10.9. The van der Waals surface area contributed by atoms with Gasteiger partial charge < -0.3 is 19.6 Å². The first kappa shape index (κ1) is 26.2. The number of rotatable bonds is 4. The van der Waals surface area contributed by atoms with Gasteiger partial charge in [0.05, 0.1) is 22.0 Å². The fourth-order valence-electron chi connectivity index (χ4n) is 5.22. The molecule has 40 heavy (non-hydrogen) atoms. The van der Waals surface area contributed by atoms with Gasteiger partial charge in [-0.2, -0.15) is 4.98 Å². The smallest absolute Gasteiger partial charge is 0.357 e. The van der Waals surface area contributed by atoms with E-state index >= 15 is 4.39 Å². The van der Waals surface area contributed by atoms with E-state index in [2.05, 4.69) is 16.5 Å². The highest BCUT2D eigenvalue weighted by Crippen LogP contribution is 2.47. The van der Waals surface area contributed by atoms with Gasteiger partial charge in [0, 0.05) is 19.6 Å². The Balaban J connectivity index is 1.68. The third-order valence-corrected chi connectivity index (χ3v) is 8.57. The average Bonchev–Trinajstić information content (AvgIpc) is 3.35. The molecule has 5 heterocycles. The number of phenolic OH excluding ortho intramolecular Hbond substituents is 1. The highest BCUT2D eigenvalue weighted by molar-refractivity contribution is 7.10. The monoisotopic (exact) mass is 582 g/mol. The van der Waals surface area contributed by atoms with Crippen LogP contribution in [-0.4, -0.2) is 67.7 Å². The Morgan fingerprint density at radius 1 is 1.30 bits per heavy atom. The summed E-state index contributed by atoms with van der Waals surface area (Å²) in [6.45, 7) is 8.71. The van der Waals surface area contributed by atoms with Crippen LogP contribution in [0.4, 0.5) is 10.2 Å². The highest BCUT2D eigenvalue weighted by Gasteiger charge is 2.37. The number of pyridine rings is 1. The molecule has 206 valence electrons. The summed E-state index contributed by atoms with van der Waals surface area (Å²) in [7, 11) is 0. The molecular formula is C27H24ClFN6O4S. The van der Waals surface area contributed by atoms with E-state index in [0.29, 0.717) is 36.7 Å². The van der Waals surface area contributed by atoms with Crippen LogP contribution < -0.4 is 15.3 Å². The molecule has 0 bridgehead atoms. The lowest BCUT2D eigenvalue weighted by Crippen LogP contribution is -2.56. The third kappa shape index (κ3) is 4.01. The van der Waals surface area contributed by atoms with E-state index in [0.717, 1.165) is 4.88 Å². The number of amides is 1. The Labute approximate surface area is 236 Å². The summed E-state index contributed by atoms with van der Waals surface area (Å²) in [6.07, 6.45) is 1.26. The van der Waals surface area contributed by atoms with Gasteiger partial charge in [0.1, 0.15) is 40.1 Å². The van der Waals surface area contributed by atoms with E-state index in [1.54, 1.807) is 10.4 Å². The van der Waals surface area contributed by atoms with Gasteiger partial charge in [-0.15, -0.1) is 11.3 Å². The minimum absolute atomic E-state index is 0.0395. The molecule has 1 fully saturated rings. The summed E-state index contributed by atoms with van der Waals surface area (Å²) < 4.78 is 22.6. The number of benzene rings is 1. The summed E-state index contributed by atoms with van der Waals surface area (Å²) in [4.78, 5) is 44.2. The lowest BCUT2D eigenvalue weighted by atomic mass is 10.1. The molecule has 13 heteroatoms. The van der Waals surface area contributed by atoms with E-state index in [1.807, 2.05) is 18.7 Å². The summed E-state index contributed by atoms with van der Waals surface area (Å²) in [5.74, 6) is -0.474. The minimum atomic E-state index is -0.745. The predicted molar refractivity (Wildman–Crippen MR) is 150 cm³/mol. The van der Waals surface area contributed by atoms with Crippen LogP contribution in [0, 0.1) is 5.82 Å². The number of piperazine rings is 1. The Morgan fingerprint density at radius 2 is 2.10 bits per heavy atom. The van der Waals surface area contributed by atoms with Gasteiger partial charge in [0.25, 0.3) is 0 Å². The van der Waals surface area contributed by atoms with E-state index in [9.17, 15) is 14.7 Å². The van der Waals surface area contributed by atoms with Crippen LogP contribution >= 0.6 is 22.9 Å². The first-order chi connectivity index (χ1) is 19.2. The zero-order valence-corrected chi connectivity index (χ0v) is 23.2. The number of aromatic hydroxyl groups is 1. The van der Waals surface area contributed by atoms with Crippen LogP contribution in [0.3, 0.4) is 0 Å². The van der Waals surface area contributed by atoms with Gasteiger partial charge >= 0.3 is 5.69 Å². The zero-order valence-electron chi connectivity index (χ0n) is 21.6. The molecule has 6 rings (SSSR count). The molecule has 10 nitrogen and oxygen atoms in total. The van der Waals surface area contributed by atoms with Crippen molar-refractivity contribution in [2.75, 3.05) is 31.1 Å². The number of carbonyl (C=O) groups is 1. The number of carbonyl (C=O) groups excluding carboxylic acids is 1. The van der Waals surface area contributed by atoms with E-state index in [1.165, 1.54) is 40.2 Å². The number of aromatic nitrogens is 4. The number of nitrogens with zero attached hydrogens (tertiary/aromatic N) is 6. The number of thiazole rings is 1. The predicted octanol–water partition coefficient (Wildman–Crippen LogP) is 4.12. The first-order valence-corrected chi connectivity index (χ1v) is 13.9. The van der Waals surface area contributed by atoms with Crippen molar-refractivity contribution in [2.24, 2.45) is 0 Å². The maximum atomic E-state index is 15.1. The fraction of sp³-hybridized carbons (Fsp3) is 0.296. The van der Waals surface area contributed by atoms with Crippen molar-refractivity contribution in [3.8, 4) is 28.6 Å². The lowest BCUT2D eigenvalue weighted by molar-refractivity contribution is -0.126. The Hall–Kier alpha value is -4.03. The van der Waals surface area contributed by atoms with Crippen LogP contribution in [0.1, 0.15) is 24.6 Å². The minimum Gasteiger partial charge on any atom is -0.507 e. The van der Waals surface area contributed by atoms with Crippen molar-refractivity contribution >= 4 is 45.7 Å². The second kappa shape index (κ2) is 9.86. The van der Waals surface area contributed by atoms with Gasteiger partial charge in [-0.05, 0) is 24.1 Å². The molecule has 4 aromatic rings. The standard InChI is InChI=1S/C27H24ClFN6O4S/c1-4-17(37)33-8-9-34-14(10-33)11-39-22-19-24(34)32-27(38)35(26-23(13(2)3)40-12-30-26)25(19)31-21(20(22)28)18-15(29)6-5-7-16(18)36/h4-7,12-14,36H,1,8-11H2,2-3H3/t14-/m1/s1. The number of halogens is 2. The van der Waals surface area contributed by atoms with E-state index in [-0.39, 0.29) is 57.9 Å². The number of phenols is 1. The number of anilines is 1. The van der Waals surface area contributed by atoms with E-state index in [4.69, 9.17) is 21.3 Å². The molecule has 0 radical (unpaired) electrons. The lowest BCUT2D eigenvalue weighted by Gasteiger charge is -2.40. The summed E-state index contributed by atoms with van der Waals surface area (Å²) in [5.41, 5.74) is 0.807. The van der Waals surface area contributed by atoms with Gasteiger partial charge in [-0.1, -0.05) is 38.1 Å². The normalized spacial score (nSPS) is 16.6. The van der Waals surface area contributed by atoms with Crippen LogP contribution in [0.15, 0.2) is 41.2 Å². The molecule has 0 spiro atoms. The fourth-order valence-corrected chi connectivity index (χ4v) is 6.30. The van der Waals surface area contributed by atoms with Crippen LogP contribution in [-0.2, 0) is 4.79 Å². The SMILES string of the molecule is C=CC(=O)N1CCN2c3nc(=O)n(-c4ncsc4C(C)C)c4nc(-c5c(O)cccc5F)c(Cl)c(c34)OC[C@H]2C1. The second-order valence-corrected chi connectivity index (χ2v) is 11.1. The van der Waals surface area contributed by atoms with Gasteiger partial charge in [0.15, 0.2) is 17.2 Å². The van der Waals surface area contributed by atoms with Crippen molar-refractivity contribution < 1.29 is 19.0 Å². The molecule has 0 saturated carbocycles. The molecule has 0 aliphatic carbocycles. The van der Waals surface area contributed by atoms with Crippen molar-refractivity contribution in [2.45, 2.75) is 25.8 Å². The molecule has 2 aliphatic rings. The van der Waals surface area contributed by atoms with Crippen LogP contribution in [0.5, 0.6) is 11.5 Å². The average molecular weight is 583 g/mol. The van der Waals surface area contributed by atoms with Crippen molar-refractivity contribution in [3.63, 3.8) is 0 Å². The summed E-state index contributed by atoms with van der Waals surface area (Å²) in [6, 6.07) is 3.52. The maximum absolute atomic E-state index is 15.1. The Bertz CT molecular complexity index is 1740. The third-order valence-electron chi connectivity index (χ3n) is 7.10. The van der Waals surface area contributed by atoms with Crippen molar-refractivity contribution in [3.05, 3.63) is 62.6 Å². The zero-order chi connectivity index (χ0) is 28.3. The highest BCUT2D eigenvalue weighted by atomic mass is 35.5. The number of hydrogen-bond acceptors (Lipinski definition) is 9. The molecule has 1 saturated heterocycles. The second-order valence-electron chi connectivity index (χ2n) is 9.83. The molecule has 1 N–H and O–H groups in total. The van der Waals surface area contributed by atoms with E-state index < -0.39 is 11.5 Å². The largest absolute Gasteiger partial charge is 0.507 e. The molecule has 1 aromatic carbocycles. The number of ether oxygens (including phenoxy) is 1. The molecule has 1 amide bonds. The first-order valence-electron chi connectivity index (χ1n) is 12.6. The molecule has 2 aliphatic heterocycles. The molecule has 3 aromatic heterocycles. The van der Waals surface area contributed by atoms with Crippen LogP contribution in [0.2, 0.25) is 5.02 Å². The van der Waals surface area contributed by atoms with Gasteiger partial charge in [0.2, 0.25) is 5.91 Å². The van der Waals surface area contributed by atoms with Gasteiger partial charge in [-0.3, -0.25) is 4.79 Å².